The van der Waals surface area contributed by atoms with E-state index in [1.54, 1.807) is 25.1 Å². The standard InChI is InChI=1S/C23H26N2O5S/c1-3-29-22-12-11-20(14-17(22)2)31(27,28)25-21(15-18-8-5-4-6-9-18)23(26)24-16-19-10-7-13-30-19/h4-14,21,25H,3,15-16H2,1-2H3,(H,24,26). The maximum Gasteiger partial charge on any atom is 0.241 e. The summed E-state index contributed by atoms with van der Waals surface area (Å²) in [7, 11) is -3.94. The molecule has 0 fully saturated rings. The Morgan fingerprint density at radius 2 is 1.87 bits per heavy atom. The molecule has 3 rings (SSSR count). The molecule has 7 nitrogen and oxygen atoms in total. The zero-order chi connectivity index (χ0) is 22.3. The molecule has 1 atom stereocenters. The SMILES string of the molecule is CCOc1ccc(S(=O)(=O)NC(Cc2ccccc2)C(=O)NCc2ccco2)cc1C. The Hall–Kier alpha value is -3.10. The highest BCUT2D eigenvalue weighted by atomic mass is 32.2. The second kappa shape index (κ2) is 10.3. The van der Waals surface area contributed by atoms with Crippen LogP contribution in [0, 0.1) is 6.92 Å². The van der Waals surface area contributed by atoms with Crippen LogP contribution in [-0.4, -0.2) is 27.0 Å². The lowest BCUT2D eigenvalue weighted by Crippen LogP contribution is -2.47. The topological polar surface area (TPSA) is 97.6 Å². The van der Waals surface area contributed by atoms with Crippen molar-refractivity contribution in [2.75, 3.05) is 6.61 Å². The van der Waals surface area contributed by atoms with Crippen molar-refractivity contribution in [3.63, 3.8) is 0 Å². The Morgan fingerprint density at radius 3 is 2.52 bits per heavy atom. The van der Waals surface area contributed by atoms with Crippen LogP contribution >= 0.6 is 0 Å². The molecule has 164 valence electrons. The molecule has 1 aromatic heterocycles. The van der Waals surface area contributed by atoms with Gasteiger partial charge in [0.2, 0.25) is 15.9 Å². The van der Waals surface area contributed by atoms with Crippen molar-refractivity contribution < 1.29 is 22.4 Å². The molecule has 1 heterocycles. The summed E-state index contributed by atoms with van der Waals surface area (Å²) in [5.74, 6) is 0.766. The Labute approximate surface area is 182 Å². The van der Waals surface area contributed by atoms with Gasteiger partial charge in [0.05, 0.1) is 24.3 Å². The van der Waals surface area contributed by atoms with Crippen molar-refractivity contribution in [1.82, 2.24) is 10.0 Å². The van der Waals surface area contributed by atoms with E-state index in [9.17, 15) is 13.2 Å². The molecule has 1 unspecified atom stereocenters. The number of carbonyl (C=O) groups is 1. The number of rotatable bonds is 10. The first-order valence-electron chi connectivity index (χ1n) is 9.99. The second-order valence-corrected chi connectivity index (χ2v) is 8.74. The van der Waals surface area contributed by atoms with Crippen LogP contribution in [0.3, 0.4) is 0 Å². The Morgan fingerprint density at radius 1 is 1.10 bits per heavy atom. The number of ether oxygens (including phenoxy) is 1. The maximum atomic E-state index is 13.0. The zero-order valence-corrected chi connectivity index (χ0v) is 18.3. The van der Waals surface area contributed by atoms with Crippen molar-refractivity contribution in [1.29, 1.82) is 0 Å². The molecule has 0 aliphatic heterocycles. The van der Waals surface area contributed by atoms with Gasteiger partial charge in [-0.3, -0.25) is 4.79 Å². The smallest absolute Gasteiger partial charge is 0.241 e. The summed E-state index contributed by atoms with van der Waals surface area (Å²) in [5, 5.41) is 2.74. The fourth-order valence-electron chi connectivity index (χ4n) is 3.11. The summed E-state index contributed by atoms with van der Waals surface area (Å²) < 4.78 is 39.4. The molecule has 2 N–H and O–H groups in total. The molecule has 8 heteroatoms. The summed E-state index contributed by atoms with van der Waals surface area (Å²) >= 11 is 0. The molecule has 0 saturated carbocycles. The van der Waals surface area contributed by atoms with Crippen molar-refractivity contribution in [3.05, 3.63) is 83.8 Å². The first-order valence-corrected chi connectivity index (χ1v) is 11.5. The largest absolute Gasteiger partial charge is 0.494 e. The predicted molar refractivity (Wildman–Crippen MR) is 117 cm³/mol. The lowest BCUT2D eigenvalue weighted by Gasteiger charge is -2.19. The molecule has 2 aromatic carbocycles. The molecule has 0 aliphatic carbocycles. The number of carbonyl (C=O) groups excluding carboxylic acids is 1. The van der Waals surface area contributed by atoms with E-state index in [1.165, 1.54) is 18.4 Å². The number of aryl methyl sites for hydroxylation is 1. The van der Waals surface area contributed by atoms with E-state index in [0.717, 1.165) is 5.56 Å². The van der Waals surface area contributed by atoms with Crippen LogP contribution in [0.1, 0.15) is 23.8 Å². The van der Waals surface area contributed by atoms with Crippen molar-refractivity contribution >= 4 is 15.9 Å². The van der Waals surface area contributed by atoms with Crippen molar-refractivity contribution in [3.8, 4) is 5.75 Å². The molecule has 0 saturated heterocycles. The molecular weight excluding hydrogens is 416 g/mol. The molecule has 0 radical (unpaired) electrons. The average molecular weight is 443 g/mol. The summed E-state index contributed by atoms with van der Waals surface area (Å²) in [6.45, 7) is 4.30. The molecule has 0 bridgehead atoms. The molecule has 0 spiro atoms. The minimum atomic E-state index is -3.94. The van der Waals surface area contributed by atoms with Crippen LogP contribution in [0.4, 0.5) is 0 Å². The monoisotopic (exact) mass is 442 g/mol. The van der Waals surface area contributed by atoms with E-state index >= 15 is 0 Å². The summed E-state index contributed by atoms with van der Waals surface area (Å²) in [4.78, 5) is 12.9. The van der Waals surface area contributed by atoms with Gasteiger partial charge in [-0.1, -0.05) is 30.3 Å². The van der Waals surface area contributed by atoms with Gasteiger partial charge in [-0.05, 0) is 61.7 Å². The predicted octanol–water partition coefficient (Wildman–Crippen LogP) is 3.19. The minimum absolute atomic E-state index is 0.0744. The number of amides is 1. The van der Waals surface area contributed by atoms with Gasteiger partial charge in [0, 0.05) is 0 Å². The van der Waals surface area contributed by atoms with Gasteiger partial charge in [0.1, 0.15) is 17.6 Å². The maximum absolute atomic E-state index is 13.0. The van der Waals surface area contributed by atoms with Gasteiger partial charge < -0.3 is 14.5 Å². The number of sulfonamides is 1. The average Bonchev–Trinajstić information content (AvgIpc) is 3.27. The Bertz CT molecular complexity index is 1100. The lowest BCUT2D eigenvalue weighted by molar-refractivity contribution is -0.122. The van der Waals surface area contributed by atoms with Gasteiger partial charge in [0.25, 0.3) is 0 Å². The van der Waals surface area contributed by atoms with Gasteiger partial charge in [-0.15, -0.1) is 0 Å². The second-order valence-electron chi connectivity index (χ2n) is 7.02. The van der Waals surface area contributed by atoms with E-state index in [1.807, 2.05) is 37.3 Å². The number of furan rings is 1. The number of hydrogen-bond donors (Lipinski definition) is 2. The van der Waals surface area contributed by atoms with Crippen LogP contribution in [0.5, 0.6) is 5.75 Å². The lowest BCUT2D eigenvalue weighted by atomic mass is 10.1. The first-order chi connectivity index (χ1) is 14.9. The number of nitrogens with one attached hydrogen (secondary N) is 2. The highest BCUT2D eigenvalue weighted by Crippen LogP contribution is 2.22. The Kier molecular flexibility index (Phi) is 7.49. The van der Waals surface area contributed by atoms with Crippen LogP contribution < -0.4 is 14.8 Å². The van der Waals surface area contributed by atoms with E-state index in [4.69, 9.17) is 9.15 Å². The molecule has 31 heavy (non-hydrogen) atoms. The fraction of sp³-hybridized carbons (Fsp3) is 0.261. The summed E-state index contributed by atoms with van der Waals surface area (Å²) in [6.07, 6.45) is 1.72. The van der Waals surface area contributed by atoms with E-state index < -0.39 is 22.0 Å². The molecule has 0 aliphatic rings. The number of hydrogen-bond acceptors (Lipinski definition) is 5. The van der Waals surface area contributed by atoms with Crippen LogP contribution in [0.25, 0.3) is 0 Å². The third kappa shape index (κ3) is 6.19. The normalized spacial score (nSPS) is 12.3. The fourth-order valence-corrected chi connectivity index (χ4v) is 4.39. The highest BCUT2D eigenvalue weighted by Gasteiger charge is 2.26. The van der Waals surface area contributed by atoms with Crippen LogP contribution in [0.15, 0.2) is 76.2 Å². The third-order valence-corrected chi connectivity index (χ3v) is 6.14. The quantitative estimate of drug-likeness (QED) is 0.503. The van der Waals surface area contributed by atoms with E-state index in [2.05, 4.69) is 10.0 Å². The van der Waals surface area contributed by atoms with Gasteiger partial charge in [-0.2, -0.15) is 4.72 Å². The van der Waals surface area contributed by atoms with Crippen LogP contribution in [-0.2, 0) is 27.8 Å². The first kappa shape index (κ1) is 22.6. The zero-order valence-electron chi connectivity index (χ0n) is 17.5. The number of benzene rings is 2. The van der Waals surface area contributed by atoms with E-state index in [-0.39, 0.29) is 17.9 Å². The summed E-state index contributed by atoms with van der Waals surface area (Å²) in [5.41, 5.74) is 1.54. The third-order valence-electron chi connectivity index (χ3n) is 4.67. The van der Waals surface area contributed by atoms with Gasteiger partial charge in [0.15, 0.2) is 0 Å². The van der Waals surface area contributed by atoms with Crippen molar-refractivity contribution in [2.24, 2.45) is 0 Å². The molecule has 1 amide bonds. The van der Waals surface area contributed by atoms with Gasteiger partial charge in [-0.25, -0.2) is 8.42 Å². The summed E-state index contributed by atoms with van der Waals surface area (Å²) in [6, 6.07) is 16.3. The Balaban J connectivity index is 1.80. The van der Waals surface area contributed by atoms with E-state index in [0.29, 0.717) is 23.7 Å². The van der Waals surface area contributed by atoms with Crippen molar-refractivity contribution in [2.45, 2.75) is 37.8 Å². The van der Waals surface area contributed by atoms with Crippen LogP contribution in [0.2, 0.25) is 0 Å². The molecule has 3 aromatic rings. The highest BCUT2D eigenvalue weighted by molar-refractivity contribution is 7.89. The van der Waals surface area contributed by atoms with Gasteiger partial charge >= 0.3 is 0 Å². The molecular formula is C23H26N2O5S. The minimum Gasteiger partial charge on any atom is -0.494 e.